The first kappa shape index (κ1) is 13.9. The smallest absolute Gasteiger partial charge is 0.489 e. The summed E-state index contributed by atoms with van der Waals surface area (Å²) in [4.78, 5) is 12.6. The number of nitrogens with zero attached hydrogens (tertiary/aromatic N) is 2. The van der Waals surface area contributed by atoms with Crippen molar-refractivity contribution in [1.82, 2.24) is 4.98 Å². The van der Waals surface area contributed by atoms with Crippen molar-refractivity contribution < 1.29 is 32.0 Å². The zero-order chi connectivity index (χ0) is 13.9. The quantitative estimate of drug-likeness (QED) is 0.477. The second-order valence-electron chi connectivity index (χ2n) is 2.90. The number of rotatable bonds is 4. The van der Waals surface area contributed by atoms with Crippen LogP contribution < -0.4 is 9.47 Å². The zero-order valence-electron chi connectivity index (χ0n) is 8.82. The summed E-state index contributed by atoms with van der Waals surface area (Å²) in [7, 11) is 0.997. The molecule has 1 aromatic heterocycles. The van der Waals surface area contributed by atoms with Crippen LogP contribution in [0.1, 0.15) is 5.69 Å². The van der Waals surface area contributed by atoms with Crippen molar-refractivity contribution in [1.29, 1.82) is 0 Å². The average Bonchev–Trinajstić information content (AvgIpc) is 2.25. The summed E-state index contributed by atoms with van der Waals surface area (Å²) in [5.41, 5.74) is -0.833. The molecule has 0 aliphatic rings. The molecule has 18 heavy (non-hydrogen) atoms. The topological polar surface area (TPSA) is 74.5 Å². The van der Waals surface area contributed by atoms with Crippen LogP contribution in [0.5, 0.6) is 11.5 Å². The lowest BCUT2D eigenvalue weighted by Crippen LogP contribution is -2.18. The number of halogens is 4. The Morgan fingerprint density at radius 2 is 2.06 bits per heavy atom. The minimum atomic E-state index is -5.06. The summed E-state index contributed by atoms with van der Waals surface area (Å²) in [6, 6.07) is 0.563. The van der Waals surface area contributed by atoms with E-state index in [9.17, 15) is 27.7 Å². The van der Waals surface area contributed by atoms with Gasteiger partial charge in [-0.1, -0.05) is 0 Å². The first-order chi connectivity index (χ1) is 8.28. The fraction of sp³-hybridized carbons (Fsp3) is 0.375. The highest BCUT2D eigenvalue weighted by Crippen LogP contribution is 2.34. The van der Waals surface area contributed by atoms with E-state index in [0.717, 1.165) is 7.11 Å². The van der Waals surface area contributed by atoms with Crippen LogP contribution in [-0.4, -0.2) is 23.4 Å². The van der Waals surface area contributed by atoms with Gasteiger partial charge in [0.25, 0.3) is 0 Å². The van der Waals surface area contributed by atoms with Gasteiger partial charge in [0.2, 0.25) is 11.4 Å². The summed E-state index contributed by atoms with van der Waals surface area (Å²) in [6.45, 7) is -1.45. The molecule has 1 aromatic rings. The fourth-order valence-electron chi connectivity index (χ4n) is 1.09. The summed E-state index contributed by atoms with van der Waals surface area (Å²) >= 11 is 0. The Morgan fingerprint density at radius 1 is 1.44 bits per heavy atom. The number of alkyl halides is 4. The van der Waals surface area contributed by atoms with E-state index in [0.29, 0.717) is 6.07 Å². The first-order valence-corrected chi connectivity index (χ1v) is 4.32. The Bertz CT molecular complexity index is 463. The molecule has 10 heteroatoms. The number of pyridine rings is 1. The fourth-order valence-corrected chi connectivity index (χ4v) is 1.09. The number of hydrogen-bond acceptors (Lipinski definition) is 5. The number of ether oxygens (including phenoxy) is 2. The van der Waals surface area contributed by atoms with Gasteiger partial charge < -0.3 is 19.6 Å². The van der Waals surface area contributed by atoms with Gasteiger partial charge in [0.1, 0.15) is 0 Å². The van der Waals surface area contributed by atoms with Gasteiger partial charge in [-0.05, 0) is 9.91 Å². The molecule has 0 radical (unpaired) electrons. The largest absolute Gasteiger partial charge is 0.573 e. The summed E-state index contributed by atoms with van der Waals surface area (Å²) in [6.07, 6.45) is -5.06. The molecular formula is C8H6F4N2O4. The normalized spacial score (nSPS) is 11.2. The van der Waals surface area contributed by atoms with Crippen molar-refractivity contribution in [2.45, 2.75) is 13.0 Å². The molecule has 1 heterocycles. The van der Waals surface area contributed by atoms with Gasteiger partial charge in [0, 0.05) is 6.07 Å². The molecule has 0 unspecified atom stereocenters. The lowest BCUT2D eigenvalue weighted by molar-refractivity contribution is -0.390. The van der Waals surface area contributed by atoms with Crippen molar-refractivity contribution in [3.63, 3.8) is 0 Å². The van der Waals surface area contributed by atoms with Crippen molar-refractivity contribution in [3.8, 4) is 11.5 Å². The van der Waals surface area contributed by atoms with Gasteiger partial charge in [0.15, 0.2) is 12.4 Å². The predicted octanol–water partition coefficient (Wildman–Crippen LogP) is 2.37. The number of aromatic nitrogens is 1. The Morgan fingerprint density at radius 3 is 2.44 bits per heavy atom. The van der Waals surface area contributed by atoms with Crippen molar-refractivity contribution in [2.24, 2.45) is 0 Å². The number of hydrogen-bond donors (Lipinski definition) is 0. The molecule has 0 amide bonds. The highest BCUT2D eigenvalue weighted by molar-refractivity contribution is 5.47. The van der Waals surface area contributed by atoms with Crippen LogP contribution >= 0.6 is 0 Å². The average molecular weight is 270 g/mol. The molecular weight excluding hydrogens is 264 g/mol. The van der Waals surface area contributed by atoms with E-state index in [4.69, 9.17) is 0 Å². The van der Waals surface area contributed by atoms with Gasteiger partial charge in [-0.25, -0.2) is 4.39 Å². The molecule has 0 bridgehead atoms. The molecule has 0 saturated heterocycles. The Balaban J connectivity index is 3.30. The molecule has 0 N–H and O–H groups in total. The second kappa shape index (κ2) is 5.02. The summed E-state index contributed by atoms with van der Waals surface area (Å²) in [5.74, 6) is -2.43. The van der Waals surface area contributed by atoms with Gasteiger partial charge in [0.05, 0.1) is 7.11 Å². The molecule has 0 spiro atoms. The minimum Gasteiger partial charge on any atom is -0.489 e. The molecule has 1 rings (SSSR count). The van der Waals surface area contributed by atoms with E-state index in [-0.39, 0.29) is 0 Å². The number of methoxy groups -OCH3 is 1. The Kier molecular flexibility index (Phi) is 3.89. The molecule has 0 aliphatic heterocycles. The Labute approximate surface area is 97.3 Å². The molecule has 0 saturated carbocycles. The maximum absolute atomic E-state index is 12.5. The van der Waals surface area contributed by atoms with Crippen LogP contribution in [0.4, 0.5) is 23.4 Å². The van der Waals surface area contributed by atoms with E-state index in [1.165, 1.54) is 0 Å². The van der Waals surface area contributed by atoms with Crippen LogP contribution in [0.25, 0.3) is 0 Å². The van der Waals surface area contributed by atoms with Crippen molar-refractivity contribution in [2.75, 3.05) is 7.11 Å². The molecule has 0 atom stereocenters. The second-order valence-corrected chi connectivity index (χ2v) is 2.90. The van der Waals surface area contributed by atoms with Gasteiger partial charge in [-0.2, -0.15) is 0 Å². The van der Waals surface area contributed by atoms with Crippen LogP contribution in [-0.2, 0) is 6.67 Å². The summed E-state index contributed by atoms with van der Waals surface area (Å²) in [5, 5.41) is 10.5. The summed E-state index contributed by atoms with van der Waals surface area (Å²) < 4.78 is 56.5. The van der Waals surface area contributed by atoms with E-state index in [1.54, 1.807) is 0 Å². The van der Waals surface area contributed by atoms with E-state index < -0.39 is 41.0 Å². The lowest BCUT2D eigenvalue weighted by Gasteiger charge is -2.10. The van der Waals surface area contributed by atoms with Crippen LogP contribution in [0.3, 0.4) is 0 Å². The number of nitro groups is 1. The molecule has 6 nitrogen and oxygen atoms in total. The molecule has 0 aromatic carbocycles. The Hall–Kier alpha value is -2.13. The van der Waals surface area contributed by atoms with Crippen molar-refractivity contribution in [3.05, 3.63) is 21.9 Å². The van der Waals surface area contributed by atoms with Crippen LogP contribution in [0.15, 0.2) is 6.07 Å². The third kappa shape index (κ3) is 3.18. The van der Waals surface area contributed by atoms with Gasteiger partial charge >= 0.3 is 12.2 Å². The standard InChI is InChI=1S/C8H6F4N2O4/c1-17-6-2-5(18-8(10,11)12)4(3-9)13-7(6)14(15)16/h2H,3H2,1H3. The molecule has 0 aliphatic carbocycles. The maximum Gasteiger partial charge on any atom is 0.573 e. The van der Waals surface area contributed by atoms with Crippen LogP contribution in [0, 0.1) is 10.1 Å². The lowest BCUT2D eigenvalue weighted by atomic mass is 10.3. The monoisotopic (exact) mass is 270 g/mol. The van der Waals surface area contributed by atoms with Gasteiger partial charge in [-0.3, -0.25) is 0 Å². The highest BCUT2D eigenvalue weighted by Gasteiger charge is 2.35. The van der Waals surface area contributed by atoms with Gasteiger partial charge in [-0.15, -0.1) is 13.2 Å². The van der Waals surface area contributed by atoms with E-state index in [2.05, 4.69) is 14.5 Å². The SMILES string of the molecule is COc1cc(OC(F)(F)F)c(CF)nc1[N+](=O)[O-]. The molecule has 0 fully saturated rings. The zero-order valence-corrected chi connectivity index (χ0v) is 8.82. The third-order valence-corrected chi connectivity index (χ3v) is 1.75. The van der Waals surface area contributed by atoms with Crippen molar-refractivity contribution >= 4 is 5.82 Å². The maximum atomic E-state index is 12.5. The minimum absolute atomic E-state index is 0.559. The van der Waals surface area contributed by atoms with E-state index in [1.807, 2.05) is 0 Å². The van der Waals surface area contributed by atoms with Crippen LogP contribution in [0.2, 0.25) is 0 Å². The first-order valence-electron chi connectivity index (χ1n) is 4.32. The van der Waals surface area contributed by atoms with E-state index >= 15 is 0 Å². The molecule has 100 valence electrons. The predicted molar refractivity (Wildman–Crippen MR) is 48.9 cm³/mol. The third-order valence-electron chi connectivity index (χ3n) is 1.75. The highest BCUT2D eigenvalue weighted by atomic mass is 19.4.